The third kappa shape index (κ3) is 3.23. The monoisotopic (exact) mass is 293 g/mol. The number of aliphatic carboxylic acids is 1. The van der Waals surface area contributed by atoms with Crippen molar-refractivity contribution in [1.29, 1.82) is 0 Å². The van der Waals surface area contributed by atoms with Gasteiger partial charge in [0.25, 0.3) is 0 Å². The minimum atomic E-state index is -1.03. The minimum Gasteiger partial charge on any atom is -0.480 e. The highest BCUT2D eigenvalue weighted by atomic mass is 19.1. The maximum absolute atomic E-state index is 13.1. The van der Waals surface area contributed by atoms with E-state index < -0.39 is 11.4 Å². The molecule has 1 aromatic carbocycles. The highest BCUT2D eigenvalue weighted by Gasteiger charge is 2.42. The van der Waals surface area contributed by atoms with Gasteiger partial charge in [-0.2, -0.15) is 0 Å². The highest BCUT2D eigenvalue weighted by Crippen LogP contribution is 2.40. The molecule has 1 aromatic rings. The summed E-state index contributed by atoms with van der Waals surface area (Å²) in [4.78, 5) is 24.9. The second-order valence-corrected chi connectivity index (χ2v) is 5.70. The molecule has 0 aliphatic heterocycles. The first-order chi connectivity index (χ1) is 9.95. The maximum atomic E-state index is 13.1. The molecule has 1 aliphatic rings. The average Bonchev–Trinajstić information content (AvgIpc) is 2.47. The van der Waals surface area contributed by atoms with Crippen molar-refractivity contribution in [2.45, 2.75) is 37.5 Å². The van der Waals surface area contributed by atoms with Crippen molar-refractivity contribution in [3.63, 3.8) is 0 Å². The number of carboxylic acid groups (broad SMARTS) is 1. The number of halogens is 1. The molecule has 0 heterocycles. The van der Waals surface area contributed by atoms with Gasteiger partial charge in [0.2, 0.25) is 5.91 Å². The Kier molecular flexibility index (Phi) is 4.60. The first-order valence-electron chi connectivity index (χ1n) is 7.19. The Bertz CT molecular complexity index is 521. The summed E-state index contributed by atoms with van der Waals surface area (Å²) in [5.41, 5.74) is 0.0710. The lowest BCUT2D eigenvalue weighted by atomic mass is 9.68. The zero-order chi connectivity index (χ0) is 15.5. The SMILES string of the molecule is CN(CC(=O)O)C(=O)C1(c2ccc(F)cc2)CCCCC1. The van der Waals surface area contributed by atoms with Crippen molar-refractivity contribution in [1.82, 2.24) is 4.90 Å². The van der Waals surface area contributed by atoms with Gasteiger partial charge in [-0.1, -0.05) is 31.4 Å². The van der Waals surface area contributed by atoms with Crippen molar-refractivity contribution in [3.8, 4) is 0 Å². The van der Waals surface area contributed by atoms with Gasteiger partial charge in [-0.25, -0.2) is 4.39 Å². The van der Waals surface area contributed by atoms with E-state index in [-0.39, 0.29) is 18.3 Å². The van der Waals surface area contributed by atoms with Crippen LogP contribution in [0.3, 0.4) is 0 Å². The average molecular weight is 293 g/mol. The lowest BCUT2D eigenvalue weighted by Crippen LogP contribution is -2.48. The molecule has 1 N–H and O–H groups in total. The fourth-order valence-corrected chi connectivity index (χ4v) is 3.19. The molecule has 1 saturated carbocycles. The Morgan fingerprint density at radius 3 is 2.29 bits per heavy atom. The van der Waals surface area contributed by atoms with Crippen LogP contribution in [-0.2, 0) is 15.0 Å². The normalized spacial score (nSPS) is 17.2. The molecule has 0 radical (unpaired) electrons. The van der Waals surface area contributed by atoms with Gasteiger partial charge in [0.15, 0.2) is 0 Å². The van der Waals surface area contributed by atoms with Gasteiger partial charge in [0.05, 0.1) is 5.41 Å². The number of carboxylic acids is 1. The number of benzene rings is 1. The molecule has 2 rings (SSSR count). The smallest absolute Gasteiger partial charge is 0.323 e. The summed E-state index contributed by atoms with van der Waals surface area (Å²) < 4.78 is 13.1. The van der Waals surface area contributed by atoms with Crippen molar-refractivity contribution < 1.29 is 19.1 Å². The van der Waals surface area contributed by atoms with Gasteiger partial charge < -0.3 is 10.0 Å². The maximum Gasteiger partial charge on any atom is 0.323 e. The quantitative estimate of drug-likeness (QED) is 0.928. The second kappa shape index (κ2) is 6.24. The van der Waals surface area contributed by atoms with Crippen LogP contribution in [0.25, 0.3) is 0 Å². The van der Waals surface area contributed by atoms with E-state index in [1.807, 2.05) is 0 Å². The number of carbonyl (C=O) groups is 2. The number of hydrogen-bond donors (Lipinski definition) is 1. The lowest BCUT2D eigenvalue weighted by molar-refractivity contribution is -0.146. The topological polar surface area (TPSA) is 57.6 Å². The van der Waals surface area contributed by atoms with Crippen LogP contribution in [0.1, 0.15) is 37.7 Å². The molecule has 1 fully saturated rings. The summed E-state index contributed by atoms with van der Waals surface area (Å²) in [6.45, 7) is -0.318. The molecular weight excluding hydrogens is 273 g/mol. The Morgan fingerprint density at radius 2 is 1.76 bits per heavy atom. The molecule has 0 saturated heterocycles. The van der Waals surface area contributed by atoms with Crippen LogP contribution >= 0.6 is 0 Å². The van der Waals surface area contributed by atoms with Gasteiger partial charge in [-0.15, -0.1) is 0 Å². The molecule has 21 heavy (non-hydrogen) atoms. The molecule has 114 valence electrons. The van der Waals surface area contributed by atoms with Crippen LogP contribution in [0.4, 0.5) is 4.39 Å². The number of carbonyl (C=O) groups excluding carboxylic acids is 1. The van der Waals surface area contributed by atoms with Crippen LogP contribution in [0.2, 0.25) is 0 Å². The van der Waals surface area contributed by atoms with E-state index in [1.54, 1.807) is 12.1 Å². The number of nitrogens with zero attached hydrogens (tertiary/aromatic N) is 1. The summed E-state index contributed by atoms with van der Waals surface area (Å²) in [5.74, 6) is -1.55. The Morgan fingerprint density at radius 1 is 1.19 bits per heavy atom. The van der Waals surface area contributed by atoms with Crippen LogP contribution in [0, 0.1) is 5.82 Å². The van der Waals surface area contributed by atoms with Crippen molar-refractivity contribution >= 4 is 11.9 Å². The molecule has 0 spiro atoms. The third-order valence-corrected chi connectivity index (χ3v) is 4.23. The standard InChI is InChI=1S/C16H20FNO3/c1-18(11-14(19)20)15(21)16(9-3-2-4-10-16)12-5-7-13(17)8-6-12/h5-8H,2-4,9-11H2,1H3,(H,19,20). The summed E-state index contributed by atoms with van der Waals surface area (Å²) >= 11 is 0. The molecule has 0 atom stereocenters. The van der Waals surface area contributed by atoms with Gasteiger partial charge >= 0.3 is 5.97 Å². The van der Waals surface area contributed by atoms with Crippen LogP contribution in [0.5, 0.6) is 0 Å². The van der Waals surface area contributed by atoms with Crippen LogP contribution in [0.15, 0.2) is 24.3 Å². The highest BCUT2D eigenvalue weighted by molar-refractivity contribution is 5.90. The van der Waals surface area contributed by atoms with Crippen molar-refractivity contribution in [3.05, 3.63) is 35.6 Å². The summed E-state index contributed by atoms with van der Waals surface area (Å²) in [6.07, 6.45) is 4.27. The number of rotatable bonds is 4. The molecule has 4 nitrogen and oxygen atoms in total. The molecule has 0 bridgehead atoms. The van der Waals surface area contributed by atoms with E-state index in [0.717, 1.165) is 24.8 Å². The fourth-order valence-electron chi connectivity index (χ4n) is 3.19. The van der Waals surface area contributed by atoms with E-state index in [9.17, 15) is 14.0 Å². The zero-order valence-electron chi connectivity index (χ0n) is 12.1. The van der Waals surface area contributed by atoms with Crippen molar-refractivity contribution in [2.24, 2.45) is 0 Å². The van der Waals surface area contributed by atoms with Gasteiger partial charge in [-0.3, -0.25) is 9.59 Å². The third-order valence-electron chi connectivity index (χ3n) is 4.23. The summed E-state index contributed by atoms with van der Waals surface area (Å²) in [6, 6.07) is 6.01. The predicted molar refractivity (Wildman–Crippen MR) is 76.4 cm³/mol. The lowest BCUT2D eigenvalue weighted by Gasteiger charge is -2.38. The van der Waals surface area contributed by atoms with Gasteiger partial charge in [0, 0.05) is 7.05 Å². The fraction of sp³-hybridized carbons (Fsp3) is 0.500. The second-order valence-electron chi connectivity index (χ2n) is 5.70. The molecule has 0 unspecified atom stereocenters. The van der Waals surface area contributed by atoms with E-state index >= 15 is 0 Å². The largest absolute Gasteiger partial charge is 0.480 e. The first kappa shape index (κ1) is 15.5. The van der Waals surface area contributed by atoms with E-state index in [4.69, 9.17) is 5.11 Å². The number of likely N-dealkylation sites (N-methyl/N-ethyl adjacent to an activating group) is 1. The van der Waals surface area contributed by atoms with Gasteiger partial charge in [0.1, 0.15) is 12.4 Å². The van der Waals surface area contributed by atoms with E-state index in [1.165, 1.54) is 24.1 Å². The molecule has 5 heteroatoms. The Balaban J connectivity index is 2.34. The number of hydrogen-bond acceptors (Lipinski definition) is 2. The summed E-state index contributed by atoms with van der Waals surface area (Å²) in [7, 11) is 1.51. The minimum absolute atomic E-state index is 0.184. The molecule has 1 aliphatic carbocycles. The molecule has 0 aromatic heterocycles. The van der Waals surface area contributed by atoms with E-state index in [2.05, 4.69) is 0 Å². The van der Waals surface area contributed by atoms with Crippen LogP contribution in [-0.4, -0.2) is 35.5 Å². The van der Waals surface area contributed by atoms with Crippen LogP contribution < -0.4 is 0 Å². The number of amides is 1. The van der Waals surface area contributed by atoms with E-state index in [0.29, 0.717) is 12.8 Å². The first-order valence-corrected chi connectivity index (χ1v) is 7.19. The molecular formula is C16H20FNO3. The Labute approximate surface area is 123 Å². The molecule has 1 amide bonds. The predicted octanol–water partition coefficient (Wildman–Crippen LogP) is 2.57. The zero-order valence-corrected chi connectivity index (χ0v) is 12.1. The van der Waals surface area contributed by atoms with Crippen molar-refractivity contribution in [2.75, 3.05) is 13.6 Å². The summed E-state index contributed by atoms with van der Waals surface area (Å²) in [5, 5.41) is 8.88. The van der Waals surface area contributed by atoms with Gasteiger partial charge in [-0.05, 0) is 30.5 Å². The Hall–Kier alpha value is -1.91.